The lowest BCUT2D eigenvalue weighted by Gasteiger charge is -2.32. The van der Waals surface area contributed by atoms with Gasteiger partial charge in [-0.25, -0.2) is 8.42 Å². The molecule has 1 amide bonds. The summed E-state index contributed by atoms with van der Waals surface area (Å²) in [7, 11) is -3.12. The van der Waals surface area contributed by atoms with E-state index >= 15 is 0 Å². The molecular formula is C10H18N2O4S. The molecule has 1 N–H and O–H groups in total. The summed E-state index contributed by atoms with van der Waals surface area (Å²) in [6, 6.07) is 0. The molecule has 0 aromatic heterocycles. The minimum Gasteiger partial charge on any atom is -0.374 e. The van der Waals surface area contributed by atoms with Crippen molar-refractivity contribution < 1.29 is 17.9 Å². The average molecular weight is 262 g/mol. The van der Waals surface area contributed by atoms with E-state index < -0.39 is 10.0 Å². The molecule has 1 unspecified atom stereocenters. The first-order valence-electron chi connectivity index (χ1n) is 5.85. The Hall–Kier alpha value is -0.660. The molecule has 0 radical (unpaired) electrons. The zero-order chi connectivity index (χ0) is 12.5. The molecule has 1 aliphatic heterocycles. The third kappa shape index (κ3) is 3.17. The van der Waals surface area contributed by atoms with Crippen LogP contribution >= 0.6 is 0 Å². The Morgan fingerprint density at radius 2 is 2.18 bits per heavy atom. The van der Waals surface area contributed by atoms with Crippen LogP contribution in [0, 0.1) is 0 Å². The molecule has 17 heavy (non-hydrogen) atoms. The molecule has 0 spiro atoms. The maximum absolute atomic E-state index is 12.0. The van der Waals surface area contributed by atoms with E-state index in [0.29, 0.717) is 26.2 Å². The molecule has 1 saturated carbocycles. The van der Waals surface area contributed by atoms with Gasteiger partial charge in [-0.05, 0) is 12.8 Å². The third-order valence-corrected chi connectivity index (χ3v) is 5.35. The average Bonchev–Trinajstić information content (AvgIpc) is 3.11. The molecular weight excluding hydrogens is 244 g/mol. The summed E-state index contributed by atoms with van der Waals surface area (Å²) in [5.74, 6) is -0.129. The van der Waals surface area contributed by atoms with Crippen molar-refractivity contribution in [3.8, 4) is 0 Å². The van der Waals surface area contributed by atoms with Crippen LogP contribution in [0.1, 0.15) is 19.8 Å². The molecule has 2 rings (SSSR count). The maximum Gasteiger partial charge on any atom is 0.217 e. The number of hydrogen-bond donors (Lipinski definition) is 1. The summed E-state index contributed by atoms with van der Waals surface area (Å²) in [5.41, 5.74) is 0. The molecule has 1 atom stereocenters. The second kappa shape index (κ2) is 4.91. The number of ether oxygens (including phenoxy) is 1. The normalized spacial score (nSPS) is 26.8. The van der Waals surface area contributed by atoms with Crippen LogP contribution < -0.4 is 5.32 Å². The van der Waals surface area contributed by atoms with Crippen LogP contribution in [-0.4, -0.2) is 56.2 Å². The van der Waals surface area contributed by atoms with Crippen LogP contribution in [0.3, 0.4) is 0 Å². The van der Waals surface area contributed by atoms with Gasteiger partial charge in [0.05, 0.1) is 18.0 Å². The molecule has 98 valence electrons. The number of carbonyl (C=O) groups excluding carboxylic acids is 1. The van der Waals surface area contributed by atoms with Crippen LogP contribution in [0.2, 0.25) is 0 Å². The highest BCUT2D eigenvalue weighted by Crippen LogP contribution is 2.31. The zero-order valence-electron chi connectivity index (χ0n) is 9.89. The van der Waals surface area contributed by atoms with E-state index in [1.807, 2.05) is 0 Å². The standard InChI is InChI=1S/C10H18N2O4S/c1-8(13)11-6-9-7-12(4-5-16-9)17(14,15)10-2-3-10/h9-10H,2-7H2,1H3,(H,11,13). The number of sulfonamides is 1. The predicted molar refractivity (Wildman–Crippen MR) is 61.9 cm³/mol. The largest absolute Gasteiger partial charge is 0.374 e. The van der Waals surface area contributed by atoms with Crippen molar-refractivity contribution in [2.45, 2.75) is 31.1 Å². The maximum atomic E-state index is 12.0. The van der Waals surface area contributed by atoms with Gasteiger partial charge in [0, 0.05) is 26.6 Å². The lowest BCUT2D eigenvalue weighted by atomic mass is 10.3. The Labute approximate surface area is 101 Å². The summed E-state index contributed by atoms with van der Waals surface area (Å²) >= 11 is 0. The molecule has 0 bridgehead atoms. The number of morpholine rings is 1. The van der Waals surface area contributed by atoms with E-state index in [1.165, 1.54) is 11.2 Å². The van der Waals surface area contributed by atoms with Gasteiger partial charge in [0.25, 0.3) is 0 Å². The van der Waals surface area contributed by atoms with E-state index in [9.17, 15) is 13.2 Å². The van der Waals surface area contributed by atoms with Crippen LogP contribution in [0.25, 0.3) is 0 Å². The van der Waals surface area contributed by atoms with Gasteiger partial charge in [-0.3, -0.25) is 4.79 Å². The molecule has 1 aliphatic carbocycles. The van der Waals surface area contributed by atoms with Gasteiger partial charge in [0.1, 0.15) is 0 Å². The quantitative estimate of drug-likeness (QED) is 0.728. The number of rotatable bonds is 4. The number of carbonyl (C=O) groups is 1. The number of nitrogens with one attached hydrogen (secondary N) is 1. The first kappa shape index (κ1) is 12.8. The van der Waals surface area contributed by atoms with E-state index in [1.54, 1.807) is 0 Å². The van der Waals surface area contributed by atoms with Crippen molar-refractivity contribution in [2.75, 3.05) is 26.2 Å². The number of hydrogen-bond acceptors (Lipinski definition) is 4. The van der Waals surface area contributed by atoms with Crippen molar-refractivity contribution in [3.05, 3.63) is 0 Å². The Morgan fingerprint density at radius 3 is 2.76 bits per heavy atom. The van der Waals surface area contributed by atoms with Gasteiger partial charge in [-0.1, -0.05) is 0 Å². The van der Waals surface area contributed by atoms with E-state index in [0.717, 1.165) is 12.8 Å². The topological polar surface area (TPSA) is 75.7 Å². The van der Waals surface area contributed by atoms with Gasteiger partial charge >= 0.3 is 0 Å². The zero-order valence-corrected chi connectivity index (χ0v) is 10.7. The summed E-state index contributed by atoms with van der Waals surface area (Å²) in [6.07, 6.45) is 1.31. The fraction of sp³-hybridized carbons (Fsp3) is 0.900. The van der Waals surface area contributed by atoms with Crippen LogP contribution in [0.5, 0.6) is 0 Å². The molecule has 7 heteroatoms. The van der Waals surface area contributed by atoms with Crippen molar-refractivity contribution in [3.63, 3.8) is 0 Å². The lowest BCUT2D eigenvalue weighted by molar-refractivity contribution is -0.119. The highest BCUT2D eigenvalue weighted by Gasteiger charge is 2.41. The Kier molecular flexibility index (Phi) is 3.70. The fourth-order valence-corrected chi connectivity index (χ4v) is 3.74. The van der Waals surface area contributed by atoms with Crippen molar-refractivity contribution in [1.82, 2.24) is 9.62 Å². The smallest absolute Gasteiger partial charge is 0.217 e. The SMILES string of the molecule is CC(=O)NCC1CN(S(=O)(=O)C2CC2)CCO1. The summed E-state index contributed by atoms with van der Waals surface area (Å²) in [5, 5.41) is 2.47. The Bertz CT molecular complexity index is 391. The Morgan fingerprint density at radius 1 is 1.47 bits per heavy atom. The molecule has 0 aromatic carbocycles. The second-order valence-electron chi connectivity index (χ2n) is 4.53. The van der Waals surface area contributed by atoms with Crippen molar-refractivity contribution >= 4 is 15.9 Å². The van der Waals surface area contributed by atoms with Crippen molar-refractivity contribution in [1.29, 1.82) is 0 Å². The van der Waals surface area contributed by atoms with Crippen molar-refractivity contribution in [2.24, 2.45) is 0 Å². The fourth-order valence-electron chi connectivity index (χ4n) is 1.88. The first-order valence-corrected chi connectivity index (χ1v) is 7.35. The minimum atomic E-state index is -3.12. The van der Waals surface area contributed by atoms with Gasteiger partial charge in [-0.15, -0.1) is 0 Å². The third-order valence-electron chi connectivity index (χ3n) is 2.99. The van der Waals surface area contributed by atoms with Gasteiger partial charge in [0.2, 0.25) is 15.9 Å². The first-order chi connectivity index (χ1) is 8.00. The van der Waals surface area contributed by atoms with E-state index in [-0.39, 0.29) is 17.3 Å². The summed E-state index contributed by atoms with van der Waals surface area (Å²) in [6.45, 7) is 2.97. The van der Waals surface area contributed by atoms with Gasteiger partial charge < -0.3 is 10.1 Å². The highest BCUT2D eigenvalue weighted by molar-refractivity contribution is 7.90. The number of nitrogens with zero attached hydrogens (tertiary/aromatic N) is 1. The number of amides is 1. The second-order valence-corrected chi connectivity index (χ2v) is 6.75. The minimum absolute atomic E-state index is 0.129. The Balaban J connectivity index is 1.90. The van der Waals surface area contributed by atoms with Crippen LogP contribution in [0.15, 0.2) is 0 Å². The van der Waals surface area contributed by atoms with Crippen LogP contribution in [-0.2, 0) is 19.6 Å². The predicted octanol–water partition coefficient (Wildman–Crippen LogP) is -0.684. The molecule has 1 heterocycles. The van der Waals surface area contributed by atoms with E-state index in [2.05, 4.69) is 5.32 Å². The molecule has 2 fully saturated rings. The van der Waals surface area contributed by atoms with Crippen LogP contribution in [0.4, 0.5) is 0 Å². The summed E-state index contributed by atoms with van der Waals surface area (Å²) < 4.78 is 31.0. The summed E-state index contributed by atoms with van der Waals surface area (Å²) in [4.78, 5) is 10.8. The molecule has 0 aromatic rings. The van der Waals surface area contributed by atoms with E-state index in [4.69, 9.17) is 4.74 Å². The molecule has 1 saturated heterocycles. The monoisotopic (exact) mass is 262 g/mol. The molecule has 2 aliphatic rings. The highest BCUT2D eigenvalue weighted by atomic mass is 32.2. The lowest BCUT2D eigenvalue weighted by Crippen LogP contribution is -2.50. The van der Waals surface area contributed by atoms with Gasteiger partial charge in [-0.2, -0.15) is 4.31 Å². The van der Waals surface area contributed by atoms with Gasteiger partial charge in [0.15, 0.2) is 0 Å². The molecule has 6 nitrogen and oxygen atoms in total.